The summed E-state index contributed by atoms with van der Waals surface area (Å²) in [6.45, 7) is 4.03. The highest BCUT2D eigenvalue weighted by molar-refractivity contribution is 6.30. The maximum atomic E-state index is 6.18. The van der Waals surface area contributed by atoms with Crippen LogP contribution in [0.15, 0.2) is 53.8 Å². The van der Waals surface area contributed by atoms with Crippen LogP contribution in [-0.2, 0) is 0 Å². The van der Waals surface area contributed by atoms with E-state index < -0.39 is 0 Å². The van der Waals surface area contributed by atoms with E-state index in [9.17, 15) is 0 Å². The van der Waals surface area contributed by atoms with Crippen LogP contribution in [0.4, 0.5) is 5.82 Å². The maximum absolute atomic E-state index is 6.18. The number of hydrogen-bond acceptors (Lipinski definition) is 5. The van der Waals surface area contributed by atoms with Gasteiger partial charge in [0, 0.05) is 60.4 Å². The van der Waals surface area contributed by atoms with Crippen molar-refractivity contribution in [2.24, 2.45) is 4.99 Å². The molecule has 0 unspecified atom stereocenters. The first-order chi connectivity index (χ1) is 13.6. The first-order valence-corrected chi connectivity index (χ1v) is 10.1. The lowest BCUT2D eigenvalue weighted by Crippen LogP contribution is -2.42. The number of nitrogens with zero attached hydrogens (tertiary/aromatic N) is 3. The molecule has 2 aromatic rings. The number of rotatable bonds is 6. The van der Waals surface area contributed by atoms with Gasteiger partial charge in [0.25, 0.3) is 0 Å². The van der Waals surface area contributed by atoms with Crippen LogP contribution < -0.4 is 15.5 Å². The lowest BCUT2D eigenvalue weighted by molar-refractivity contribution is 0.440. The molecule has 0 bridgehead atoms. The Morgan fingerprint density at radius 3 is 2.68 bits per heavy atom. The van der Waals surface area contributed by atoms with Gasteiger partial charge in [-0.3, -0.25) is 4.99 Å². The fourth-order valence-electron chi connectivity index (χ4n) is 3.52. The molecule has 1 aromatic carbocycles. The molecule has 0 aliphatic carbocycles. The molecule has 2 N–H and O–H groups in total. The van der Waals surface area contributed by atoms with Gasteiger partial charge in [0.1, 0.15) is 5.82 Å². The van der Waals surface area contributed by atoms with Crippen molar-refractivity contribution in [3.63, 3.8) is 0 Å². The first kappa shape index (κ1) is 20.4. The van der Waals surface area contributed by atoms with E-state index in [1.165, 1.54) is 0 Å². The lowest BCUT2D eigenvalue weighted by Gasteiger charge is -2.33. The zero-order valence-corrected chi connectivity index (χ0v) is 17.5. The fourth-order valence-corrected chi connectivity index (χ4v) is 3.71. The summed E-state index contributed by atoms with van der Waals surface area (Å²) in [6.07, 6.45) is 5.99. The number of hydrogen-bond donors (Lipinski definition) is 2. The Labute approximate surface area is 172 Å². The van der Waals surface area contributed by atoms with Crippen molar-refractivity contribution in [2.75, 3.05) is 32.1 Å². The van der Waals surface area contributed by atoms with Crippen LogP contribution in [0.1, 0.15) is 30.9 Å². The molecule has 2 heterocycles. The van der Waals surface area contributed by atoms with E-state index in [1.807, 2.05) is 63.7 Å². The number of piperidine rings is 1. The monoisotopic (exact) mass is 397 g/mol. The van der Waals surface area contributed by atoms with Crippen molar-refractivity contribution >= 4 is 28.8 Å². The third-order valence-electron chi connectivity index (χ3n) is 5.07. The van der Waals surface area contributed by atoms with E-state index >= 15 is 0 Å². The van der Waals surface area contributed by atoms with Gasteiger partial charge >= 0.3 is 0 Å². The van der Waals surface area contributed by atoms with Crippen molar-refractivity contribution in [1.82, 2.24) is 15.6 Å². The summed E-state index contributed by atoms with van der Waals surface area (Å²) in [5.74, 6) is 1.01. The SMILES string of the molecule is CNC=C(N=C(C)c1cccnc1N1CCC(NC)CC1)c1cccc(Cl)c1. The minimum atomic E-state index is 0.589. The zero-order valence-electron chi connectivity index (χ0n) is 16.7. The summed E-state index contributed by atoms with van der Waals surface area (Å²) < 4.78 is 0. The van der Waals surface area contributed by atoms with Crippen LogP contribution in [0.3, 0.4) is 0 Å². The molecule has 6 heteroatoms. The average Bonchev–Trinajstić information content (AvgIpc) is 2.73. The molecule has 28 heavy (non-hydrogen) atoms. The summed E-state index contributed by atoms with van der Waals surface area (Å²) >= 11 is 6.18. The Bertz CT molecular complexity index is 854. The number of aliphatic imine (C=N–C) groups is 1. The van der Waals surface area contributed by atoms with Crippen molar-refractivity contribution in [2.45, 2.75) is 25.8 Å². The van der Waals surface area contributed by atoms with Crippen molar-refractivity contribution < 1.29 is 0 Å². The highest BCUT2D eigenvalue weighted by Crippen LogP contribution is 2.25. The van der Waals surface area contributed by atoms with E-state index in [0.717, 1.165) is 54.3 Å². The molecule has 1 fully saturated rings. The summed E-state index contributed by atoms with van der Waals surface area (Å²) in [5, 5.41) is 7.16. The normalized spacial score (nSPS) is 16.4. The second-order valence-electron chi connectivity index (χ2n) is 6.95. The highest BCUT2D eigenvalue weighted by atomic mass is 35.5. The number of anilines is 1. The molecule has 0 saturated carbocycles. The van der Waals surface area contributed by atoms with Crippen LogP contribution in [0.2, 0.25) is 5.02 Å². The molecule has 5 nitrogen and oxygen atoms in total. The first-order valence-electron chi connectivity index (χ1n) is 9.68. The molecular formula is C22H28ClN5. The minimum Gasteiger partial charge on any atom is -0.392 e. The van der Waals surface area contributed by atoms with Crippen molar-refractivity contribution in [3.05, 3.63) is 64.9 Å². The number of aromatic nitrogens is 1. The third-order valence-corrected chi connectivity index (χ3v) is 5.30. The maximum Gasteiger partial charge on any atom is 0.137 e. The predicted octanol–water partition coefficient (Wildman–Crippen LogP) is 3.95. The molecule has 0 amide bonds. The van der Waals surface area contributed by atoms with E-state index in [1.54, 1.807) is 0 Å². The highest BCUT2D eigenvalue weighted by Gasteiger charge is 2.21. The van der Waals surface area contributed by atoms with E-state index in [4.69, 9.17) is 16.6 Å². The fraction of sp³-hybridized carbons (Fsp3) is 0.364. The van der Waals surface area contributed by atoms with Gasteiger partial charge in [-0.1, -0.05) is 23.7 Å². The smallest absolute Gasteiger partial charge is 0.137 e. The summed E-state index contributed by atoms with van der Waals surface area (Å²) in [6, 6.07) is 12.4. The Balaban J connectivity index is 1.91. The minimum absolute atomic E-state index is 0.589. The van der Waals surface area contributed by atoms with Gasteiger partial charge in [0.2, 0.25) is 0 Å². The molecule has 1 aliphatic rings. The van der Waals surface area contributed by atoms with Gasteiger partial charge < -0.3 is 15.5 Å². The summed E-state index contributed by atoms with van der Waals surface area (Å²) in [4.78, 5) is 12.0. The molecule has 1 aliphatic heterocycles. The van der Waals surface area contributed by atoms with Gasteiger partial charge in [-0.25, -0.2) is 4.98 Å². The van der Waals surface area contributed by atoms with Gasteiger partial charge in [0.05, 0.1) is 5.70 Å². The quantitative estimate of drug-likeness (QED) is 0.724. The number of pyridine rings is 1. The molecule has 1 saturated heterocycles. The predicted molar refractivity (Wildman–Crippen MR) is 119 cm³/mol. The molecule has 3 rings (SSSR count). The van der Waals surface area contributed by atoms with Crippen LogP contribution >= 0.6 is 11.6 Å². The lowest BCUT2D eigenvalue weighted by atomic mass is 10.0. The van der Waals surface area contributed by atoms with E-state index in [0.29, 0.717) is 11.1 Å². The summed E-state index contributed by atoms with van der Waals surface area (Å²) in [7, 11) is 3.91. The Kier molecular flexibility index (Phi) is 7.06. The van der Waals surface area contributed by atoms with Gasteiger partial charge in [-0.2, -0.15) is 0 Å². The van der Waals surface area contributed by atoms with Crippen molar-refractivity contribution in [1.29, 1.82) is 0 Å². The largest absolute Gasteiger partial charge is 0.392 e. The molecule has 0 atom stereocenters. The van der Waals surface area contributed by atoms with E-state index in [-0.39, 0.29) is 0 Å². The van der Waals surface area contributed by atoms with Gasteiger partial charge in [-0.05, 0) is 51.1 Å². The molecule has 0 spiro atoms. The summed E-state index contributed by atoms with van der Waals surface area (Å²) in [5.41, 5.74) is 3.81. The van der Waals surface area contributed by atoms with Gasteiger partial charge in [0.15, 0.2) is 0 Å². The number of benzene rings is 1. The number of nitrogens with one attached hydrogen (secondary N) is 2. The third kappa shape index (κ3) is 4.91. The second-order valence-corrected chi connectivity index (χ2v) is 7.39. The molecular weight excluding hydrogens is 370 g/mol. The van der Waals surface area contributed by atoms with Crippen LogP contribution in [0.5, 0.6) is 0 Å². The standard InChI is InChI=1S/C22H28ClN5/c1-16(27-21(15-24-2)17-6-4-7-18(23)14-17)20-8-5-11-26-22(20)28-12-9-19(25-3)10-13-28/h4-8,11,14-15,19,24-25H,9-10,12-13H2,1-3H3. The molecule has 148 valence electrons. The number of halogens is 1. The van der Waals surface area contributed by atoms with Crippen LogP contribution in [0, 0.1) is 0 Å². The van der Waals surface area contributed by atoms with Crippen LogP contribution in [-0.4, -0.2) is 43.9 Å². The Morgan fingerprint density at radius 1 is 1.21 bits per heavy atom. The Morgan fingerprint density at radius 2 is 2.00 bits per heavy atom. The second kappa shape index (κ2) is 9.71. The molecule has 1 aromatic heterocycles. The zero-order chi connectivity index (χ0) is 19.9. The average molecular weight is 398 g/mol. The van der Waals surface area contributed by atoms with Gasteiger partial charge in [-0.15, -0.1) is 0 Å². The molecule has 0 radical (unpaired) electrons. The topological polar surface area (TPSA) is 52.6 Å². The van der Waals surface area contributed by atoms with E-state index in [2.05, 4.69) is 26.6 Å². The van der Waals surface area contributed by atoms with Crippen LogP contribution in [0.25, 0.3) is 5.70 Å². The van der Waals surface area contributed by atoms with Crippen molar-refractivity contribution in [3.8, 4) is 0 Å². The Hall–Kier alpha value is -2.37.